The highest BCUT2D eigenvalue weighted by Crippen LogP contribution is 2.27. The third-order valence-corrected chi connectivity index (χ3v) is 5.08. The number of rotatable bonds is 5. The summed E-state index contributed by atoms with van der Waals surface area (Å²) >= 11 is 3.04. The maximum absolute atomic E-state index is 6.04. The fraction of sp³-hybridized carbons (Fsp3) is 0.0667. The lowest BCUT2D eigenvalue weighted by Crippen LogP contribution is -2.11. The second-order valence-corrected chi connectivity index (χ2v) is 6.60. The number of pyridine rings is 1. The van der Waals surface area contributed by atoms with Gasteiger partial charge in [-0.3, -0.25) is 4.98 Å². The van der Waals surface area contributed by atoms with E-state index in [9.17, 15) is 0 Å². The minimum atomic E-state index is 0.495. The van der Waals surface area contributed by atoms with Crippen molar-refractivity contribution in [2.45, 2.75) is 10.9 Å². The van der Waals surface area contributed by atoms with Crippen molar-refractivity contribution in [3.63, 3.8) is 0 Å². The van der Waals surface area contributed by atoms with Crippen molar-refractivity contribution in [1.82, 2.24) is 24.8 Å². The second-order valence-electron chi connectivity index (χ2n) is 4.80. The summed E-state index contributed by atoms with van der Waals surface area (Å²) in [6, 6.07) is 9.36. The molecule has 0 aromatic carbocycles. The fourth-order valence-electron chi connectivity index (χ4n) is 2.07. The molecule has 4 heterocycles. The maximum Gasteiger partial charge on any atom is 0.218 e. The highest BCUT2D eigenvalue weighted by Gasteiger charge is 2.15. The van der Waals surface area contributed by atoms with Crippen LogP contribution >= 0.6 is 23.1 Å². The summed E-state index contributed by atoms with van der Waals surface area (Å²) < 4.78 is 6.72. The van der Waals surface area contributed by atoms with Crippen molar-refractivity contribution in [2.75, 3.05) is 5.84 Å². The molecule has 24 heavy (non-hydrogen) atoms. The largest absolute Gasteiger partial charge is 0.461 e. The maximum atomic E-state index is 6.04. The van der Waals surface area contributed by atoms with Gasteiger partial charge in [0.1, 0.15) is 5.01 Å². The van der Waals surface area contributed by atoms with E-state index in [4.69, 9.17) is 10.3 Å². The quantitative estimate of drug-likeness (QED) is 0.433. The van der Waals surface area contributed by atoms with Gasteiger partial charge in [-0.05, 0) is 24.3 Å². The Hall–Kier alpha value is -2.65. The first kappa shape index (κ1) is 14.9. The zero-order valence-corrected chi connectivity index (χ0v) is 14.0. The van der Waals surface area contributed by atoms with Crippen LogP contribution in [0.2, 0.25) is 0 Å². The van der Waals surface area contributed by atoms with Crippen molar-refractivity contribution < 1.29 is 4.42 Å². The van der Waals surface area contributed by atoms with Crippen molar-refractivity contribution in [1.29, 1.82) is 0 Å². The van der Waals surface area contributed by atoms with Crippen LogP contribution in [0.4, 0.5) is 0 Å². The van der Waals surface area contributed by atoms with Gasteiger partial charge in [0.2, 0.25) is 11.0 Å². The minimum Gasteiger partial charge on any atom is -0.461 e. The zero-order chi connectivity index (χ0) is 16.4. The van der Waals surface area contributed by atoms with Crippen molar-refractivity contribution in [2.24, 2.45) is 0 Å². The fourth-order valence-corrected chi connectivity index (χ4v) is 3.72. The van der Waals surface area contributed by atoms with E-state index in [1.807, 2.05) is 23.6 Å². The monoisotopic (exact) mass is 356 g/mol. The standard InChI is InChI=1S/C15H12N6OS2/c16-21-13(12-5-3-7-22-12)19-20-15(21)24-9-10-8-23-14(18-10)11-4-1-2-6-17-11/h1-8H,9,16H2. The molecule has 0 amide bonds. The van der Waals surface area contributed by atoms with Crippen LogP contribution < -0.4 is 5.84 Å². The molecule has 0 saturated heterocycles. The van der Waals surface area contributed by atoms with Crippen LogP contribution in [0.25, 0.3) is 22.3 Å². The van der Waals surface area contributed by atoms with Crippen LogP contribution in [0.15, 0.2) is 57.7 Å². The van der Waals surface area contributed by atoms with Crippen LogP contribution in [0.1, 0.15) is 5.69 Å². The summed E-state index contributed by atoms with van der Waals surface area (Å²) in [5.74, 6) is 7.77. The molecular formula is C15H12N6OS2. The van der Waals surface area contributed by atoms with Crippen LogP contribution in [-0.2, 0) is 5.75 Å². The average molecular weight is 356 g/mol. The van der Waals surface area contributed by atoms with Crippen LogP contribution in [0.5, 0.6) is 0 Å². The molecule has 4 aromatic rings. The van der Waals surface area contributed by atoms with E-state index in [1.54, 1.807) is 35.9 Å². The molecule has 0 fully saturated rings. The first-order valence-corrected chi connectivity index (χ1v) is 8.91. The molecule has 0 unspecified atom stereocenters. The first-order chi connectivity index (χ1) is 11.8. The van der Waals surface area contributed by atoms with Gasteiger partial charge in [0.05, 0.1) is 17.7 Å². The van der Waals surface area contributed by atoms with Gasteiger partial charge in [-0.25, -0.2) is 9.66 Å². The number of thioether (sulfide) groups is 1. The number of thiazole rings is 1. The number of nitrogens with zero attached hydrogens (tertiary/aromatic N) is 5. The van der Waals surface area contributed by atoms with E-state index in [0.717, 1.165) is 16.4 Å². The minimum absolute atomic E-state index is 0.495. The van der Waals surface area contributed by atoms with Gasteiger partial charge < -0.3 is 10.3 Å². The average Bonchev–Trinajstić information content (AvgIpc) is 3.35. The highest BCUT2D eigenvalue weighted by atomic mass is 32.2. The molecule has 2 N–H and O–H groups in total. The van der Waals surface area contributed by atoms with Gasteiger partial charge >= 0.3 is 0 Å². The van der Waals surface area contributed by atoms with E-state index >= 15 is 0 Å². The Bertz CT molecular complexity index is 932. The Balaban J connectivity index is 1.47. The molecule has 4 rings (SSSR count). The van der Waals surface area contributed by atoms with Gasteiger partial charge in [0, 0.05) is 17.3 Å². The Morgan fingerprint density at radius 1 is 1.21 bits per heavy atom. The molecule has 0 aliphatic rings. The number of nitrogens with two attached hydrogens (primary N) is 1. The Labute approximate surface area is 145 Å². The third kappa shape index (κ3) is 2.91. The number of furan rings is 1. The summed E-state index contributed by atoms with van der Waals surface area (Å²) in [5, 5.41) is 11.7. The predicted octanol–water partition coefficient (Wildman–Crippen LogP) is 3.06. The molecule has 0 spiro atoms. The molecule has 0 atom stereocenters. The summed E-state index contributed by atoms with van der Waals surface area (Å²) in [5.41, 5.74) is 1.83. The molecular weight excluding hydrogens is 344 g/mol. The summed E-state index contributed by atoms with van der Waals surface area (Å²) in [4.78, 5) is 8.91. The van der Waals surface area contributed by atoms with Gasteiger partial charge in [0.25, 0.3) is 0 Å². The van der Waals surface area contributed by atoms with E-state index in [1.165, 1.54) is 16.4 Å². The van der Waals surface area contributed by atoms with Crippen molar-refractivity contribution in [3.8, 4) is 22.3 Å². The van der Waals surface area contributed by atoms with Gasteiger partial charge in [-0.15, -0.1) is 21.5 Å². The first-order valence-electron chi connectivity index (χ1n) is 7.04. The molecule has 0 aliphatic heterocycles. The lowest BCUT2D eigenvalue weighted by Gasteiger charge is -2.00. The zero-order valence-electron chi connectivity index (χ0n) is 12.4. The van der Waals surface area contributed by atoms with Crippen LogP contribution in [0.3, 0.4) is 0 Å². The number of hydrogen-bond acceptors (Lipinski definition) is 8. The smallest absolute Gasteiger partial charge is 0.218 e. The normalized spacial score (nSPS) is 11.0. The molecule has 0 radical (unpaired) electrons. The SMILES string of the molecule is Nn1c(SCc2csc(-c3ccccn3)n2)nnc1-c1ccco1. The topological polar surface area (TPSA) is 95.7 Å². The molecule has 0 bridgehead atoms. The lowest BCUT2D eigenvalue weighted by molar-refractivity contribution is 0.574. The van der Waals surface area contributed by atoms with Crippen LogP contribution in [-0.4, -0.2) is 24.8 Å². The number of nitrogen functional groups attached to an aromatic ring is 1. The Kier molecular flexibility index (Phi) is 4.01. The van der Waals surface area contributed by atoms with Crippen molar-refractivity contribution in [3.05, 3.63) is 53.9 Å². The van der Waals surface area contributed by atoms with Crippen LogP contribution in [0, 0.1) is 0 Å². The van der Waals surface area contributed by atoms with Gasteiger partial charge in [0.15, 0.2) is 5.76 Å². The van der Waals surface area contributed by atoms with E-state index < -0.39 is 0 Å². The van der Waals surface area contributed by atoms with Gasteiger partial charge in [-0.2, -0.15) is 0 Å². The summed E-state index contributed by atoms with van der Waals surface area (Å²) in [6.07, 6.45) is 3.34. The third-order valence-electron chi connectivity index (χ3n) is 3.19. The molecule has 0 saturated carbocycles. The number of aromatic nitrogens is 5. The van der Waals surface area contributed by atoms with Crippen molar-refractivity contribution >= 4 is 23.1 Å². The predicted molar refractivity (Wildman–Crippen MR) is 92.8 cm³/mol. The second kappa shape index (κ2) is 6.46. The Morgan fingerprint density at radius 2 is 2.17 bits per heavy atom. The van der Waals surface area contributed by atoms with E-state index in [0.29, 0.717) is 22.5 Å². The highest BCUT2D eigenvalue weighted by molar-refractivity contribution is 7.98. The Morgan fingerprint density at radius 3 is 2.96 bits per heavy atom. The van der Waals surface area contributed by atoms with Gasteiger partial charge in [-0.1, -0.05) is 17.8 Å². The molecule has 9 heteroatoms. The number of hydrogen-bond donors (Lipinski definition) is 1. The van der Waals surface area contributed by atoms with E-state index in [-0.39, 0.29) is 0 Å². The summed E-state index contributed by atoms with van der Waals surface area (Å²) in [6.45, 7) is 0. The van der Waals surface area contributed by atoms with E-state index in [2.05, 4.69) is 20.2 Å². The summed E-state index contributed by atoms with van der Waals surface area (Å²) in [7, 11) is 0. The molecule has 7 nitrogen and oxygen atoms in total. The molecule has 0 aliphatic carbocycles. The lowest BCUT2D eigenvalue weighted by atomic mass is 10.4. The molecule has 4 aromatic heterocycles. The molecule has 120 valence electrons.